The average Bonchev–Trinajstić information content (AvgIpc) is 2.29. The first kappa shape index (κ1) is 14.1. The Balaban J connectivity index is 2.18. The van der Waals surface area contributed by atoms with Crippen LogP contribution in [0.3, 0.4) is 0 Å². The summed E-state index contributed by atoms with van der Waals surface area (Å²) in [5.74, 6) is 0. The summed E-state index contributed by atoms with van der Waals surface area (Å²) in [5, 5.41) is 3.42. The molecule has 1 N–H and O–H groups in total. The zero-order valence-corrected chi connectivity index (χ0v) is 11.4. The summed E-state index contributed by atoms with van der Waals surface area (Å²) in [6.45, 7) is 8.53. The lowest BCUT2D eigenvalue weighted by Gasteiger charge is -2.16. The third-order valence-corrected chi connectivity index (χ3v) is 2.70. The lowest BCUT2D eigenvalue weighted by molar-refractivity contribution is 0.316. The number of hydrogen-bond acceptors (Lipinski definition) is 3. The van der Waals surface area contributed by atoms with E-state index < -0.39 is 0 Å². The van der Waals surface area contributed by atoms with Crippen molar-refractivity contribution in [2.24, 2.45) is 0 Å². The first-order valence-electron chi connectivity index (χ1n) is 6.54. The number of nitrogens with zero attached hydrogens (tertiary/aromatic N) is 2. The molecule has 3 nitrogen and oxygen atoms in total. The molecule has 0 aromatic carbocycles. The lowest BCUT2D eigenvalue weighted by atomic mass is 10.3. The van der Waals surface area contributed by atoms with Gasteiger partial charge in [0, 0.05) is 12.2 Å². The Morgan fingerprint density at radius 3 is 2.82 bits per heavy atom. The third-order valence-electron chi connectivity index (χ3n) is 2.70. The lowest BCUT2D eigenvalue weighted by Crippen LogP contribution is -2.24. The number of hydrogen-bond donors (Lipinski definition) is 1. The van der Waals surface area contributed by atoms with Gasteiger partial charge in [0.05, 0.1) is 5.69 Å². The SMILES string of the molecule is CCCNCCCN(C)Cc1cccc(C)n1. The van der Waals surface area contributed by atoms with Crippen LogP contribution in [0, 0.1) is 6.92 Å². The molecule has 1 heterocycles. The molecule has 0 aliphatic heterocycles. The minimum atomic E-state index is 0.940. The highest BCUT2D eigenvalue weighted by Crippen LogP contribution is 2.01. The predicted octanol–water partition coefficient (Wildman–Crippen LogP) is 2.21. The molecule has 3 heteroatoms. The maximum atomic E-state index is 4.51. The van der Waals surface area contributed by atoms with Gasteiger partial charge in [-0.15, -0.1) is 0 Å². The van der Waals surface area contributed by atoms with E-state index >= 15 is 0 Å². The van der Waals surface area contributed by atoms with E-state index in [0.29, 0.717) is 0 Å². The monoisotopic (exact) mass is 235 g/mol. The fourth-order valence-electron chi connectivity index (χ4n) is 1.82. The highest BCUT2D eigenvalue weighted by Gasteiger charge is 2.01. The van der Waals surface area contributed by atoms with Crippen LogP contribution in [0.1, 0.15) is 31.2 Å². The summed E-state index contributed by atoms with van der Waals surface area (Å²) in [7, 11) is 2.16. The Kier molecular flexibility index (Phi) is 6.82. The van der Waals surface area contributed by atoms with Gasteiger partial charge < -0.3 is 10.2 Å². The minimum absolute atomic E-state index is 0.940. The molecule has 1 aromatic rings. The molecular formula is C14H25N3. The molecule has 0 atom stereocenters. The van der Waals surface area contributed by atoms with Crippen LogP contribution in [0.4, 0.5) is 0 Å². The minimum Gasteiger partial charge on any atom is -0.317 e. The summed E-state index contributed by atoms with van der Waals surface area (Å²) < 4.78 is 0. The first-order chi connectivity index (χ1) is 8.22. The van der Waals surface area contributed by atoms with Crippen LogP contribution < -0.4 is 5.32 Å². The molecule has 0 unspecified atom stereocenters. The van der Waals surface area contributed by atoms with Crippen molar-refractivity contribution in [1.82, 2.24) is 15.2 Å². The van der Waals surface area contributed by atoms with Gasteiger partial charge >= 0.3 is 0 Å². The summed E-state index contributed by atoms with van der Waals surface area (Å²) in [4.78, 5) is 6.84. The van der Waals surface area contributed by atoms with E-state index in [-0.39, 0.29) is 0 Å². The van der Waals surface area contributed by atoms with Gasteiger partial charge in [-0.2, -0.15) is 0 Å². The van der Waals surface area contributed by atoms with E-state index in [1.54, 1.807) is 0 Å². The number of rotatable bonds is 8. The largest absolute Gasteiger partial charge is 0.317 e. The van der Waals surface area contributed by atoms with E-state index in [9.17, 15) is 0 Å². The molecule has 0 amide bonds. The molecule has 0 fully saturated rings. The third kappa shape index (κ3) is 6.39. The van der Waals surface area contributed by atoms with E-state index in [2.05, 4.69) is 41.3 Å². The standard InChI is InChI=1S/C14H25N3/c1-4-9-15-10-6-11-17(3)12-14-8-5-7-13(2)16-14/h5,7-8,15H,4,6,9-12H2,1-3H3. The molecule has 1 aromatic heterocycles. The molecular weight excluding hydrogens is 210 g/mol. The maximum absolute atomic E-state index is 4.51. The van der Waals surface area contributed by atoms with Gasteiger partial charge in [-0.1, -0.05) is 13.0 Å². The van der Waals surface area contributed by atoms with E-state index in [1.807, 2.05) is 13.0 Å². The van der Waals surface area contributed by atoms with Gasteiger partial charge in [0.15, 0.2) is 0 Å². The van der Waals surface area contributed by atoms with Gasteiger partial charge in [-0.25, -0.2) is 0 Å². The smallest absolute Gasteiger partial charge is 0.0547 e. The molecule has 0 aliphatic rings. The van der Waals surface area contributed by atoms with Crippen LogP contribution in [0.25, 0.3) is 0 Å². The second kappa shape index (κ2) is 8.20. The topological polar surface area (TPSA) is 28.2 Å². The van der Waals surface area contributed by atoms with Gasteiger partial charge in [0.2, 0.25) is 0 Å². The van der Waals surface area contributed by atoms with Crippen LogP contribution in [0.2, 0.25) is 0 Å². The number of aryl methyl sites for hydroxylation is 1. The highest BCUT2D eigenvalue weighted by molar-refractivity contribution is 5.09. The first-order valence-corrected chi connectivity index (χ1v) is 6.54. The van der Waals surface area contributed by atoms with Crippen LogP contribution in [0.5, 0.6) is 0 Å². The summed E-state index contributed by atoms with van der Waals surface area (Å²) in [6, 6.07) is 6.21. The van der Waals surface area contributed by atoms with Crippen LogP contribution in [-0.4, -0.2) is 36.6 Å². The fourth-order valence-corrected chi connectivity index (χ4v) is 1.82. The van der Waals surface area contributed by atoms with E-state index in [0.717, 1.165) is 37.6 Å². The van der Waals surface area contributed by atoms with Crippen molar-refractivity contribution in [3.63, 3.8) is 0 Å². The Morgan fingerprint density at radius 1 is 1.29 bits per heavy atom. The predicted molar refractivity (Wildman–Crippen MR) is 73.1 cm³/mol. The van der Waals surface area contributed by atoms with Gasteiger partial charge in [-0.3, -0.25) is 4.98 Å². The van der Waals surface area contributed by atoms with Crippen molar-refractivity contribution in [3.05, 3.63) is 29.6 Å². The molecule has 0 spiro atoms. The molecule has 96 valence electrons. The molecule has 0 aliphatic carbocycles. The number of nitrogens with one attached hydrogen (secondary N) is 1. The van der Waals surface area contributed by atoms with Crippen molar-refractivity contribution < 1.29 is 0 Å². The number of aromatic nitrogens is 1. The zero-order valence-electron chi connectivity index (χ0n) is 11.4. The summed E-state index contributed by atoms with van der Waals surface area (Å²) in [6.07, 6.45) is 2.41. The second-order valence-electron chi connectivity index (χ2n) is 4.61. The average molecular weight is 235 g/mol. The quantitative estimate of drug-likeness (QED) is 0.700. The van der Waals surface area contributed by atoms with Gasteiger partial charge in [0.25, 0.3) is 0 Å². The molecule has 0 bridgehead atoms. The zero-order chi connectivity index (χ0) is 12.5. The Bertz CT molecular complexity index is 312. The Labute approximate surface area is 105 Å². The highest BCUT2D eigenvalue weighted by atomic mass is 15.1. The van der Waals surface area contributed by atoms with Crippen molar-refractivity contribution in [2.75, 3.05) is 26.7 Å². The fraction of sp³-hybridized carbons (Fsp3) is 0.643. The van der Waals surface area contributed by atoms with Gasteiger partial charge in [0.1, 0.15) is 0 Å². The second-order valence-corrected chi connectivity index (χ2v) is 4.61. The van der Waals surface area contributed by atoms with E-state index in [1.165, 1.54) is 12.8 Å². The molecule has 0 radical (unpaired) electrons. The molecule has 0 saturated heterocycles. The summed E-state index contributed by atoms with van der Waals surface area (Å²) in [5.41, 5.74) is 2.26. The van der Waals surface area contributed by atoms with Crippen molar-refractivity contribution >= 4 is 0 Å². The summed E-state index contributed by atoms with van der Waals surface area (Å²) >= 11 is 0. The van der Waals surface area contributed by atoms with E-state index in [4.69, 9.17) is 0 Å². The molecule has 0 saturated carbocycles. The number of pyridine rings is 1. The van der Waals surface area contributed by atoms with Gasteiger partial charge in [-0.05, 0) is 58.6 Å². The van der Waals surface area contributed by atoms with Crippen LogP contribution in [-0.2, 0) is 6.54 Å². The van der Waals surface area contributed by atoms with Crippen LogP contribution in [0.15, 0.2) is 18.2 Å². The molecule has 17 heavy (non-hydrogen) atoms. The molecule has 1 rings (SSSR count). The Morgan fingerprint density at radius 2 is 2.12 bits per heavy atom. The van der Waals surface area contributed by atoms with Crippen molar-refractivity contribution in [2.45, 2.75) is 33.2 Å². The maximum Gasteiger partial charge on any atom is 0.0547 e. The normalized spacial score (nSPS) is 11.1. The van der Waals surface area contributed by atoms with Crippen LogP contribution >= 0.6 is 0 Å². The Hall–Kier alpha value is -0.930. The van der Waals surface area contributed by atoms with Crippen molar-refractivity contribution in [3.8, 4) is 0 Å². The van der Waals surface area contributed by atoms with Crippen molar-refractivity contribution in [1.29, 1.82) is 0 Å².